The Morgan fingerprint density at radius 1 is 1.16 bits per heavy atom. The predicted molar refractivity (Wildman–Crippen MR) is 82.3 cm³/mol. The predicted octanol–water partition coefficient (Wildman–Crippen LogP) is 3.57. The Morgan fingerprint density at radius 2 is 1.74 bits per heavy atom. The smallest absolute Gasteiger partial charge is 0.0424 e. The summed E-state index contributed by atoms with van der Waals surface area (Å²) in [5, 5.41) is 0. The van der Waals surface area contributed by atoms with Crippen LogP contribution in [0.4, 0.5) is 0 Å². The molecular formula is C17H28N2. The molecule has 0 saturated heterocycles. The normalized spacial score (nSPS) is 18.2. The van der Waals surface area contributed by atoms with Gasteiger partial charge in [0.15, 0.2) is 0 Å². The molecule has 19 heavy (non-hydrogen) atoms. The lowest BCUT2D eigenvalue weighted by Gasteiger charge is -2.30. The highest BCUT2D eigenvalue weighted by molar-refractivity contribution is 5.30. The van der Waals surface area contributed by atoms with Crippen LogP contribution in [0.5, 0.6) is 0 Å². The first-order chi connectivity index (χ1) is 9.10. The first-order valence-electron chi connectivity index (χ1n) is 7.68. The van der Waals surface area contributed by atoms with Gasteiger partial charge in [-0.25, -0.2) is 0 Å². The van der Waals surface area contributed by atoms with Crippen LogP contribution < -0.4 is 5.73 Å². The summed E-state index contributed by atoms with van der Waals surface area (Å²) < 4.78 is 0. The van der Waals surface area contributed by atoms with Gasteiger partial charge in [0.25, 0.3) is 0 Å². The summed E-state index contributed by atoms with van der Waals surface area (Å²) in [4.78, 5) is 2.58. The maximum Gasteiger partial charge on any atom is 0.0424 e. The zero-order chi connectivity index (χ0) is 13.8. The molecule has 2 N–H and O–H groups in total. The molecule has 2 rings (SSSR count). The molecule has 0 amide bonds. The number of hydrogen-bond donors (Lipinski definition) is 1. The summed E-state index contributed by atoms with van der Waals surface area (Å²) in [5.74, 6) is 0. The van der Waals surface area contributed by atoms with Gasteiger partial charge in [-0.05, 0) is 38.8 Å². The highest BCUT2D eigenvalue weighted by atomic mass is 15.2. The van der Waals surface area contributed by atoms with Crippen LogP contribution in [-0.2, 0) is 0 Å². The molecule has 2 heteroatoms. The number of rotatable bonds is 5. The van der Waals surface area contributed by atoms with Gasteiger partial charge in [-0.15, -0.1) is 0 Å². The molecule has 106 valence electrons. The molecule has 0 bridgehead atoms. The van der Waals surface area contributed by atoms with E-state index in [0.29, 0.717) is 0 Å². The Labute approximate surface area is 118 Å². The van der Waals surface area contributed by atoms with Crippen LogP contribution in [0.2, 0.25) is 0 Å². The van der Waals surface area contributed by atoms with Crippen molar-refractivity contribution in [1.29, 1.82) is 0 Å². The topological polar surface area (TPSA) is 29.3 Å². The summed E-state index contributed by atoms with van der Waals surface area (Å²) in [6.45, 7) is 8.66. The zero-order valence-corrected chi connectivity index (χ0v) is 12.7. The van der Waals surface area contributed by atoms with Gasteiger partial charge in [0, 0.05) is 18.6 Å². The highest BCUT2D eigenvalue weighted by Gasteiger charge is 2.23. The van der Waals surface area contributed by atoms with Crippen molar-refractivity contribution in [2.45, 2.75) is 58.5 Å². The number of aryl methyl sites for hydroxylation is 2. The van der Waals surface area contributed by atoms with Crippen molar-refractivity contribution in [3.05, 3.63) is 34.9 Å². The fourth-order valence-corrected chi connectivity index (χ4v) is 3.39. The third-order valence-electron chi connectivity index (χ3n) is 4.35. The third kappa shape index (κ3) is 3.80. The van der Waals surface area contributed by atoms with Gasteiger partial charge in [-0.3, -0.25) is 4.90 Å². The van der Waals surface area contributed by atoms with Gasteiger partial charge in [0.2, 0.25) is 0 Å². The molecular weight excluding hydrogens is 232 g/mol. The maximum absolute atomic E-state index is 6.44. The van der Waals surface area contributed by atoms with Crippen LogP contribution in [0.3, 0.4) is 0 Å². The Kier molecular flexibility index (Phi) is 5.00. The highest BCUT2D eigenvalue weighted by Crippen LogP contribution is 2.25. The molecule has 0 heterocycles. The van der Waals surface area contributed by atoms with Crippen molar-refractivity contribution in [2.24, 2.45) is 5.73 Å². The minimum atomic E-state index is 0.138. The van der Waals surface area contributed by atoms with Crippen LogP contribution in [-0.4, -0.2) is 24.0 Å². The first-order valence-corrected chi connectivity index (χ1v) is 7.68. The molecule has 1 aromatic rings. The molecule has 0 aromatic heterocycles. The lowest BCUT2D eigenvalue weighted by Crippen LogP contribution is -2.38. The van der Waals surface area contributed by atoms with E-state index in [-0.39, 0.29) is 6.04 Å². The van der Waals surface area contributed by atoms with Gasteiger partial charge in [0.1, 0.15) is 0 Å². The number of benzene rings is 1. The van der Waals surface area contributed by atoms with Crippen LogP contribution in [0.15, 0.2) is 18.2 Å². The second-order valence-electron chi connectivity index (χ2n) is 6.05. The van der Waals surface area contributed by atoms with Gasteiger partial charge in [-0.2, -0.15) is 0 Å². The Balaban J connectivity index is 2.03. The summed E-state index contributed by atoms with van der Waals surface area (Å²) in [6, 6.07) is 7.59. The maximum atomic E-state index is 6.44. The molecule has 0 radical (unpaired) electrons. The SMILES string of the molecule is CCN(CC(N)c1cc(C)cc(C)c1)C1CCCC1. The quantitative estimate of drug-likeness (QED) is 0.877. The third-order valence-corrected chi connectivity index (χ3v) is 4.35. The van der Waals surface area contributed by atoms with Gasteiger partial charge >= 0.3 is 0 Å². The number of nitrogens with two attached hydrogens (primary N) is 1. The molecule has 1 aliphatic carbocycles. The van der Waals surface area contributed by atoms with Gasteiger partial charge in [-0.1, -0.05) is 49.1 Å². The average Bonchev–Trinajstić information content (AvgIpc) is 2.88. The lowest BCUT2D eigenvalue weighted by molar-refractivity contribution is 0.197. The van der Waals surface area contributed by atoms with Gasteiger partial charge < -0.3 is 5.73 Å². The van der Waals surface area contributed by atoms with E-state index in [1.165, 1.54) is 42.4 Å². The molecule has 1 fully saturated rings. The van der Waals surface area contributed by atoms with Crippen molar-refractivity contribution >= 4 is 0 Å². The fraction of sp³-hybridized carbons (Fsp3) is 0.647. The van der Waals surface area contributed by atoms with E-state index in [4.69, 9.17) is 5.73 Å². The van der Waals surface area contributed by atoms with E-state index in [0.717, 1.165) is 19.1 Å². The van der Waals surface area contributed by atoms with Crippen molar-refractivity contribution in [1.82, 2.24) is 4.90 Å². The molecule has 1 atom stereocenters. The molecule has 0 spiro atoms. The second-order valence-corrected chi connectivity index (χ2v) is 6.05. The van der Waals surface area contributed by atoms with Crippen LogP contribution >= 0.6 is 0 Å². The number of nitrogens with zero attached hydrogens (tertiary/aromatic N) is 1. The summed E-state index contributed by atoms with van der Waals surface area (Å²) in [6.07, 6.45) is 5.49. The van der Waals surface area contributed by atoms with Crippen molar-refractivity contribution in [3.8, 4) is 0 Å². The summed E-state index contributed by atoms with van der Waals surface area (Å²) in [5.41, 5.74) is 10.3. The van der Waals surface area contributed by atoms with E-state index in [9.17, 15) is 0 Å². The average molecular weight is 260 g/mol. The van der Waals surface area contributed by atoms with Crippen molar-refractivity contribution in [3.63, 3.8) is 0 Å². The fourth-order valence-electron chi connectivity index (χ4n) is 3.39. The summed E-state index contributed by atoms with van der Waals surface area (Å²) >= 11 is 0. The van der Waals surface area contributed by atoms with E-state index in [1.807, 2.05) is 0 Å². The zero-order valence-electron chi connectivity index (χ0n) is 12.7. The summed E-state index contributed by atoms with van der Waals surface area (Å²) in [7, 11) is 0. The number of likely N-dealkylation sites (N-methyl/N-ethyl adjacent to an activating group) is 1. The van der Waals surface area contributed by atoms with E-state index >= 15 is 0 Å². The minimum Gasteiger partial charge on any atom is -0.323 e. The second kappa shape index (κ2) is 6.53. The van der Waals surface area contributed by atoms with Crippen LogP contribution in [0, 0.1) is 13.8 Å². The standard InChI is InChI=1S/C17H28N2/c1-4-19(16-7-5-6-8-16)12-17(18)15-10-13(2)9-14(3)11-15/h9-11,16-17H,4-8,12,18H2,1-3H3. The molecule has 1 saturated carbocycles. The molecule has 0 aliphatic heterocycles. The van der Waals surface area contributed by atoms with Crippen LogP contribution in [0.1, 0.15) is 55.3 Å². The van der Waals surface area contributed by atoms with Crippen molar-refractivity contribution in [2.75, 3.05) is 13.1 Å². The van der Waals surface area contributed by atoms with Crippen LogP contribution in [0.25, 0.3) is 0 Å². The largest absolute Gasteiger partial charge is 0.323 e. The van der Waals surface area contributed by atoms with E-state index in [2.05, 4.69) is 43.9 Å². The number of hydrogen-bond acceptors (Lipinski definition) is 2. The molecule has 1 aliphatic rings. The van der Waals surface area contributed by atoms with Crippen molar-refractivity contribution < 1.29 is 0 Å². The molecule has 1 aromatic carbocycles. The first kappa shape index (κ1) is 14.5. The molecule has 2 nitrogen and oxygen atoms in total. The Morgan fingerprint density at radius 3 is 2.26 bits per heavy atom. The minimum absolute atomic E-state index is 0.138. The van der Waals surface area contributed by atoms with Gasteiger partial charge in [0.05, 0.1) is 0 Å². The van der Waals surface area contributed by atoms with E-state index in [1.54, 1.807) is 0 Å². The Bertz CT molecular complexity index is 387. The Hall–Kier alpha value is -0.860. The monoisotopic (exact) mass is 260 g/mol. The molecule has 1 unspecified atom stereocenters. The lowest BCUT2D eigenvalue weighted by atomic mass is 10.0. The van der Waals surface area contributed by atoms with E-state index < -0.39 is 0 Å².